The van der Waals surface area contributed by atoms with Crippen molar-refractivity contribution in [3.8, 4) is 0 Å². The number of allylic oxidation sites excluding steroid dienone is 8. The fourth-order valence-corrected chi connectivity index (χ4v) is 13.5. The van der Waals surface area contributed by atoms with E-state index in [9.17, 15) is 0 Å². The molecule has 0 unspecified atom stereocenters. The van der Waals surface area contributed by atoms with Crippen LogP contribution in [0.5, 0.6) is 0 Å². The van der Waals surface area contributed by atoms with E-state index in [1.165, 1.54) is 11.1 Å². The molecule has 2 rings (SSSR count). The Morgan fingerprint density at radius 2 is 1.33 bits per heavy atom. The summed E-state index contributed by atoms with van der Waals surface area (Å²) in [6, 6.07) is 0. The van der Waals surface area contributed by atoms with E-state index in [-0.39, 0.29) is 0 Å². The molecular formula is C12H14Br2Ti. The molecule has 0 radical (unpaired) electrons. The minimum absolute atomic E-state index is 1.12. The van der Waals surface area contributed by atoms with E-state index in [1.54, 1.807) is 7.76 Å². The van der Waals surface area contributed by atoms with Crippen LogP contribution in [0.15, 0.2) is 43.2 Å². The van der Waals surface area contributed by atoms with Crippen LogP contribution in [-0.2, 0) is 12.4 Å². The van der Waals surface area contributed by atoms with Crippen LogP contribution in [-0.4, -0.2) is 0 Å². The first-order valence-corrected chi connectivity index (χ1v) is 14.4. The molecule has 80 valence electrons. The average molecular weight is 366 g/mol. The second-order valence-electron chi connectivity index (χ2n) is 4.11. The zero-order chi connectivity index (χ0) is 11.1. The summed E-state index contributed by atoms with van der Waals surface area (Å²) in [4.78, 5) is 0. The molecule has 0 heterocycles. The van der Waals surface area contributed by atoms with Gasteiger partial charge in [-0.2, -0.15) is 0 Å². The number of hydrogen-bond acceptors (Lipinski definition) is 0. The van der Waals surface area contributed by atoms with E-state index in [4.69, 9.17) is 0 Å². The van der Waals surface area contributed by atoms with Crippen molar-refractivity contribution in [2.75, 3.05) is 0 Å². The molecule has 0 aromatic carbocycles. The maximum absolute atomic E-state index is 4.02. The van der Waals surface area contributed by atoms with Gasteiger partial charge in [0.2, 0.25) is 0 Å². The SMILES string of the molecule is CC1=[C]([Ti]([Br])([Br])[C]2=C(C)C=CC2)CC=C1. The van der Waals surface area contributed by atoms with Gasteiger partial charge in [-0.3, -0.25) is 0 Å². The van der Waals surface area contributed by atoms with Crippen molar-refractivity contribution in [2.45, 2.75) is 26.7 Å². The first-order chi connectivity index (χ1) is 7.03. The summed E-state index contributed by atoms with van der Waals surface area (Å²) in [5, 5.41) is 0. The fraction of sp³-hybridized carbons (Fsp3) is 0.333. The van der Waals surface area contributed by atoms with Crippen molar-refractivity contribution >= 4 is 26.3 Å². The van der Waals surface area contributed by atoms with E-state index in [1.807, 2.05) is 0 Å². The Kier molecular flexibility index (Phi) is 3.62. The van der Waals surface area contributed by atoms with Gasteiger partial charge < -0.3 is 0 Å². The van der Waals surface area contributed by atoms with Crippen LogP contribution in [0, 0.1) is 0 Å². The van der Waals surface area contributed by atoms with Gasteiger partial charge in [-0.1, -0.05) is 0 Å². The Morgan fingerprint density at radius 1 is 0.933 bits per heavy atom. The normalized spacial score (nSPS) is 21.1. The monoisotopic (exact) mass is 364 g/mol. The molecule has 0 atom stereocenters. The molecule has 0 spiro atoms. The zero-order valence-electron chi connectivity index (χ0n) is 8.98. The van der Waals surface area contributed by atoms with E-state index >= 15 is 0 Å². The Hall–Kier alpha value is 0.634. The first-order valence-electron chi connectivity index (χ1n) is 5.15. The van der Waals surface area contributed by atoms with Crippen LogP contribution in [0.3, 0.4) is 0 Å². The summed E-state index contributed by atoms with van der Waals surface area (Å²) in [7, 11) is 0. The second-order valence-corrected chi connectivity index (χ2v) is 22.0. The molecule has 2 aliphatic rings. The molecule has 3 heteroatoms. The molecule has 0 aromatic heterocycles. The molecule has 0 saturated heterocycles. The van der Waals surface area contributed by atoms with Crippen molar-refractivity contribution in [2.24, 2.45) is 0 Å². The summed E-state index contributed by atoms with van der Waals surface area (Å²) >= 11 is 5.80. The van der Waals surface area contributed by atoms with Gasteiger partial charge in [0, 0.05) is 0 Å². The van der Waals surface area contributed by atoms with Gasteiger partial charge in [-0.15, -0.1) is 0 Å². The van der Waals surface area contributed by atoms with Gasteiger partial charge in [-0.05, 0) is 0 Å². The van der Waals surface area contributed by atoms with Crippen LogP contribution in [0.25, 0.3) is 0 Å². The van der Waals surface area contributed by atoms with E-state index in [0.29, 0.717) is 0 Å². The molecule has 0 nitrogen and oxygen atoms in total. The standard InChI is InChI=1S/2C6H7.2BrH.Ti/c2*1-6-4-2-3-5-6;;;/h2*2,4H,3H2,1H3;2*1H;/q;;;;+2/p-2. The van der Waals surface area contributed by atoms with Gasteiger partial charge in [0.05, 0.1) is 0 Å². The Bertz CT molecular complexity index is 373. The summed E-state index contributed by atoms with van der Waals surface area (Å²) in [6.07, 6.45) is 11.3. The van der Waals surface area contributed by atoms with Crippen molar-refractivity contribution in [3.05, 3.63) is 43.2 Å². The molecule has 0 bridgehead atoms. The van der Waals surface area contributed by atoms with Crippen LogP contribution < -0.4 is 0 Å². The molecule has 0 saturated carbocycles. The Morgan fingerprint density at radius 3 is 1.60 bits per heavy atom. The summed E-state index contributed by atoms with van der Waals surface area (Å²) in [5.74, 6) is 0. The quantitative estimate of drug-likeness (QED) is 0.588. The predicted molar refractivity (Wildman–Crippen MR) is 70.8 cm³/mol. The van der Waals surface area contributed by atoms with Crippen LogP contribution in [0.4, 0.5) is 0 Å². The number of rotatable bonds is 2. The molecule has 2 aliphatic carbocycles. The number of hydrogen-bond donors (Lipinski definition) is 0. The molecule has 0 amide bonds. The van der Waals surface area contributed by atoms with Crippen molar-refractivity contribution < 1.29 is 12.4 Å². The summed E-state index contributed by atoms with van der Waals surface area (Å²) < 4.78 is 3.24. The van der Waals surface area contributed by atoms with Gasteiger partial charge in [0.15, 0.2) is 0 Å². The fourth-order valence-electron chi connectivity index (χ4n) is 2.16. The molecule has 15 heavy (non-hydrogen) atoms. The topological polar surface area (TPSA) is 0 Å². The minimum atomic E-state index is -2.25. The van der Waals surface area contributed by atoms with Gasteiger partial charge >= 0.3 is 109 Å². The summed E-state index contributed by atoms with van der Waals surface area (Å²) in [5.41, 5.74) is 2.91. The molecule has 0 aliphatic heterocycles. The molecule has 0 aromatic rings. The van der Waals surface area contributed by atoms with Crippen LogP contribution in [0.1, 0.15) is 26.7 Å². The van der Waals surface area contributed by atoms with Crippen molar-refractivity contribution in [1.29, 1.82) is 0 Å². The van der Waals surface area contributed by atoms with E-state index < -0.39 is 12.4 Å². The average Bonchev–Trinajstić information content (AvgIpc) is 2.73. The van der Waals surface area contributed by atoms with Crippen LogP contribution in [0.2, 0.25) is 0 Å². The third-order valence-electron chi connectivity index (χ3n) is 3.09. The molecule has 0 fully saturated rings. The third kappa shape index (κ3) is 2.19. The van der Waals surface area contributed by atoms with Gasteiger partial charge in [0.25, 0.3) is 0 Å². The van der Waals surface area contributed by atoms with Crippen LogP contribution >= 0.6 is 26.3 Å². The predicted octanol–water partition coefficient (Wildman–Crippen LogP) is 5.23. The van der Waals surface area contributed by atoms with Crippen molar-refractivity contribution in [1.82, 2.24) is 0 Å². The van der Waals surface area contributed by atoms with Crippen molar-refractivity contribution in [3.63, 3.8) is 0 Å². The summed E-state index contributed by atoms with van der Waals surface area (Å²) in [6.45, 7) is 4.44. The third-order valence-corrected chi connectivity index (χ3v) is 15.2. The Balaban J connectivity index is 2.37. The van der Waals surface area contributed by atoms with Gasteiger partial charge in [0.1, 0.15) is 0 Å². The van der Waals surface area contributed by atoms with E-state index in [2.05, 4.69) is 64.5 Å². The Labute approximate surface area is 108 Å². The maximum atomic E-state index is 4.02. The van der Waals surface area contributed by atoms with Gasteiger partial charge in [-0.25, -0.2) is 0 Å². The molecular weight excluding hydrogens is 352 g/mol. The molecule has 0 N–H and O–H groups in total. The number of halogens is 2. The first kappa shape index (κ1) is 12.1. The zero-order valence-corrected chi connectivity index (χ0v) is 13.7. The van der Waals surface area contributed by atoms with E-state index in [0.717, 1.165) is 12.8 Å². The second kappa shape index (κ2) is 4.48.